The molecule has 0 aliphatic carbocycles. The number of hydrogen-bond acceptors (Lipinski definition) is 1. The molecule has 5 aromatic carbocycles. The maximum atomic E-state index is 2.30. The van der Waals surface area contributed by atoms with Crippen LogP contribution < -0.4 is 4.90 Å². The van der Waals surface area contributed by atoms with Crippen LogP contribution in [-0.2, 0) is 0 Å². The summed E-state index contributed by atoms with van der Waals surface area (Å²) in [5.74, 6) is 0. The molecule has 1 heteroatoms. The van der Waals surface area contributed by atoms with Crippen LogP contribution in [0.5, 0.6) is 0 Å². The summed E-state index contributed by atoms with van der Waals surface area (Å²) in [5.41, 5.74) is 4.90. The third-order valence-corrected chi connectivity index (χ3v) is 5.46. The third kappa shape index (κ3) is 2.91. The third-order valence-electron chi connectivity index (χ3n) is 5.46. The summed E-state index contributed by atoms with van der Waals surface area (Å²) < 4.78 is 0. The van der Waals surface area contributed by atoms with E-state index in [1.807, 2.05) is 0 Å². The highest BCUT2D eigenvalue weighted by Crippen LogP contribution is 2.34. The van der Waals surface area contributed by atoms with Crippen LogP contribution in [0.25, 0.3) is 32.7 Å². The molecule has 0 N–H and O–H groups in total. The lowest BCUT2D eigenvalue weighted by Gasteiger charge is -2.21. The minimum absolute atomic E-state index is 1.19. The molecule has 0 saturated heterocycles. The lowest BCUT2D eigenvalue weighted by atomic mass is 9.97. The van der Waals surface area contributed by atoms with Crippen LogP contribution in [0.2, 0.25) is 0 Å². The number of rotatable bonds is 3. The zero-order chi connectivity index (χ0) is 18.9. The number of benzene rings is 5. The van der Waals surface area contributed by atoms with Gasteiger partial charge in [0, 0.05) is 18.4 Å². The predicted octanol–water partition coefficient (Wildman–Crippen LogP) is 7.43. The lowest BCUT2D eigenvalue weighted by molar-refractivity contribution is 1.22. The molecule has 0 aliphatic rings. The Kier molecular flexibility index (Phi) is 4.06. The van der Waals surface area contributed by atoms with E-state index in [4.69, 9.17) is 0 Å². The van der Waals surface area contributed by atoms with Crippen molar-refractivity contribution >= 4 is 32.9 Å². The van der Waals surface area contributed by atoms with E-state index in [-0.39, 0.29) is 0 Å². The van der Waals surface area contributed by atoms with E-state index >= 15 is 0 Å². The molecule has 1 nitrogen and oxygen atoms in total. The van der Waals surface area contributed by atoms with Gasteiger partial charge in [-0.15, -0.1) is 0 Å². The molecule has 5 rings (SSSR count). The molecular weight excluding hydrogens is 338 g/mol. The van der Waals surface area contributed by atoms with Crippen LogP contribution in [0.4, 0.5) is 11.4 Å². The molecule has 0 atom stereocenters. The summed E-state index contributed by atoms with van der Waals surface area (Å²) in [7, 11) is 2.14. The van der Waals surface area contributed by atoms with Crippen LogP contribution in [0, 0.1) is 0 Å². The summed E-state index contributed by atoms with van der Waals surface area (Å²) in [6, 6.07) is 39.0. The van der Waals surface area contributed by atoms with Gasteiger partial charge in [-0.3, -0.25) is 0 Å². The summed E-state index contributed by atoms with van der Waals surface area (Å²) in [4.78, 5) is 2.26. The van der Waals surface area contributed by atoms with Crippen molar-refractivity contribution < 1.29 is 0 Å². The van der Waals surface area contributed by atoms with Gasteiger partial charge in [0.2, 0.25) is 0 Å². The van der Waals surface area contributed by atoms with Crippen LogP contribution in [0.1, 0.15) is 0 Å². The van der Waals surface area contributed by atoms with E-state index < -0.39 is 0 Å². The van der Waals surface area contributed by atoms with Crippen molar-refractivity contribution in [1.82, 2.24) is 0 Å². The zero-order valence-corrected chi connectivity index (χ0v) is 15.8. The molecule has 0 fully saturated rings. The van der Waals surface area contributed by atoms with Gasteiger partial charge in [0.1, 0.15) is 0 Å². The maximum Gasteiger partial charge on any atom is 0.0414 e. The molecule has 0 heterocycles. The Hall–Kier alpha value is -3.58. The largest absolute Gasteiger partial charge is 0.345 e. The van der Waals surface area contributed by atoms with Gasteiger partial charge in [0.15, 0.2) is 0 Å². The van der Waals surface area contributed by atoms with Gasteiger partial charge >= 0.3 is 0 Å². The Morgan fingerprint density at radius 2 is 1.14 bits per heavy atom. The highest BCUT2D eigenvalue weighted by Gasteiger charge is 2.09. The molecule has 0 aromatic heterocycles. The first kappa shape index (κ1) is 16.6. The zero-order valence-electron chi connectivity index (χ0n) is 15.8. The fraction of sp³-hybridized carbons (Fsp3) is 0.0370. The van der Waals surface area contributed by atoms with Crippen LogP contribution in [0.15, 0.2) is 109 Å². The Bertz CT molecular complexity index is 1270. The Morgan fingerprint density at radius 1 is 0.500 bits per heavy atom. The second kappa shape index (κ2) is 6.86. The summed E-state index contributed by atoms with van der Waals surface area (Å²) in [5, 5.41) is 5.07. The van der Waals surface area contributed by atoms with Crippen molar-refractivity contribution in [1.29, 1.82) is 0 Å². The molecule has 0 bridgehead atoms. The molecule has 0 amide bonds. The van der Waals surface area contributed by atoms with Crippen LogP contribution in [-0.4, -0.2) is 7.05 Å². The molecule has 28 heavy (non-hydrogen) atoms. The van der Waals surface area contributed by atoms with Gasteiger partial charge in [0.25, 0.3) is 0 Å². The molecule has 134 valence electrons. The SMILES string of the molecule is CN(c1ccc2ccccc2c1)c1ccc2cccc(-c3ccccc3)c2c1. The minimum Gasteiger partial charge on any atom is -0.345 e. The number of anilines is 2. The fourth-order valence-electron chi connectivity index (χ4n) is 3.87. The first-order valence-corrected chi connectivity index (χ1v) is 9.60. The van der Waals surface area contributed by atoms with Gasteiger partial charge in [-0.2, -0.15) is 0 Å². The Balaban J connectivity index is 1.62. The number of fused-ring (bicyclic) bond motifs is 2. The average Bonchev–Trinajstić information content (AvgIpc) is 2.78. The van der Waals surface area contributed by atoms with Crippen molar-refractivity contribution in [2.45, 2.75) is 0 Å². The normalized spacial score (nSPS) is 11.0. The molecule has 0 unspecified atom stereocenters. The van der Waals surface area contributed by atoms with Gasteiger partial charge in [-0.1, -0.05) is 84.9 Å². The van der Waals surface area contributed by atoms with E-state index in [0.29, 0.717) is 0 Å². The fourth-order valence-corrected chi connectivity index (χ4v) is 3.87. The molecule has 0 spiro atoms. The first-order valence-electron chi connectivity index (χ1n) is 9.60. The van der Waals surface area contributed by atoms with E-state index in [9.17, 15) is 0 Å². The second-order valence-electron chi connectivity index (χ2n) is 7.17. The summed E-state index contributed by atoms with van der Waals surface area (Å²) >= 11 is 0. The molecule has 0 saturated carbocycles. The second-order valence-corrected chi connectivity index (χ2v) is 7.17. The van der Waals surface area contributed by atoms with Crippen LogP contribution in [0.3, 0.4) is 0 Å². The lowest BCUT2D eigenvalue weighted by Crippen LogP contribution is -2.09. The highest BCUT2D eigenvalue weighted by molar-refractivity contribution is 5.99. The topological polar surface area (TPSA) is 3.24 Å². The Labute approximate surface area is 165 Å². The minimum atomic E-state index is 1.19. The highest BCUT2D eigenvalue weighted by atomic mass is 15.1. The molecule has 0 aliphatic heterocycles. The Morgan fingerprint density at radius 3 is 1.96 bits per heavy atom. The van der Waals surface area contributed by atoms with Gasteiger partial charge in [-0.05, 0) is 56.9 Å². The van der Waals surface area contributed by atoms with Crippen molar-refractivity contribution in [2.75, 3.05) is 11.9 Å². The van der Waals surface area contributed by atoms with Crippen molar-refractivity contribution in [3.63, 3.8) is 0 Å². The maximum absolute atomic E-state index is 2.30. The smallest absolute Gasteiger partial charge is 0.0414 e. The van der Waals surface area contributed by atoms with E-state index in [1.54, 1.807) is 0 Å². The van der Waals surface area contributed by atoms with E-state index in [0.717, 1.165) is 0 Å². The predicted molar refractivity (Wildman–Crippen MR) is 121 cm³/mol. The summed E-state index contributed by atoms with van der Waals surface area (Å²) in [6.07, 6.45) is 0. The number of nitrogens with zero attached hydrogens (tertiary/aromatic N) is 1. The van der Waals surface area contributed by atoms with Gasteiger partial charge in [0.05, 0.1) is 0 Å². The molecular formula is C27H21N. The molecule has 5 aromatic rings. The summed E-state index contributed by atoms with van der Waals surface area (Å²) in [6.45, 7) is 0. The van der Waals surface area contributed by atoms with Crippen molar-refractivity contribution in [2.24, 2.45) is 0 Å². The van der Waals surface area contributed by atoms with Crippen molar-refractivity contribution in [3.8, 4) is 11.1 Å². The first-order chi connectivity index (χ1) is 13.8. The quantitative estimate of drug-likeness (QED) is 0.324. The monoisotopic (exact) mass is 359 g/mol. The number of hydrogen-bond donors (Lipinski definition) is 0. The van der Waals surface area contributed by atoms with E-state index in [2.05, 4.69) is 121 Å². The molecule has 0 radical (unpaired) electrons. The van der Waals surface area contributed by atoms with E-state index in [1.165, 1.54) is 44.0 Å². The van der Waals surface area contributed by atoms with Crippen LogP contribution >= 0.6 is 0 Å². The van der Waals surface area contributed by atoms with Gasteiger partial charge in [-0.25, -0.2) is 0 Å². The standard InChI is InChI=1S/C27H21N/c1-28(24-16-14-20-8-5-6-11-23(20)18-24)25-17-15-22-12-7-13-26(27(22)19-25)21-9-3-2-4-10-21/h2-19H,1H3. The average molecular weight is 359 g/mol. The van der Waals surface area contributed by atoms with Crippen molar-refractivity contribution in [3.05, 3.63) is 109 Å². The van der Waals surface area contributed by atoms with Gasteiger partial charge < -0.3 is 4.90 Å².